The van der Waals surface area contributed by atoms with Crippen LogP contribution < -0.4 is 5.73 Å². The van der Waals surface area contributed by atoms with Crippen LogP contribution in [0.1, 0.15) is 12.7 Å². The van der Waals surface area contributed by atoms with Crippen LogP contribution in [-0.4, -0.2) is 50.9 Å². The molecule has 2 heterocycles. The number of primary amides is 1. The molecule has 1 fully saturated rings. The van der Waals surface area contributed by atoms with Crippen LogP contribution in [0.25, 0.3) is 5.69 Å². The number of nitrogens with zero attached hydrogens (tertiary/aromatic N) is 4. The molecule has 2 atom stereocenters. The van der Waals surface area contributed by atoms with Crippen molar-refractivity contribution < 1.29 is 9.53 Å². The van der Waals surface area contributed by atoms with E-state index in [0.717, 1.165) is 11.5 Å². The van der Waals surface area contributed by atoms with Gasteiger partial charge in [-0.25, -0.2) is 9.67 Å². The highest BCUT2D eigenvalue weighted by Crippen LogP contribution is 2.17. The van der Waals surface area contributed by atoms with E-state index in [1.807, 2.05) is 42.2 Å². The lowest BCUT2D eigenvalue weighted by atomic mass is 10.1. The third kappa shape index (κ3) is 2.86. The van der Waals surface area contributed by atoms with Gasteiger partial charge in [0.05, 0.1) is 24.9 Å². The molecule has 0 spiro atoms. The fourth-order valence-corrected chi connectivity index (χ4v) is 2.81. The molecule has 0 saturated carbocycles. The number of hydrogen-bond acceptors (Lipinski definition) is 5. The maximum atomic E-state index is 11.7. The van der Waals surface area contributed by atoms with Crippen LogP contribution in [0.4, 0.5) is 0 Å². The lowest BCUT2D eigenvalue weighted by Gasteiger charge is -2.37. The Morgan fingerprint density at radius 1 is 1.41 bits per heavy atom. The highest BCUT2D eigenvalue weighted by atomic mass is 16.5. The van der Waals surface area contributed by atoms with E-state index in [1.165, 1.54) is 6.33 Å². The summed E-state index contributed by atoms with van der Waals surface area (Å²) in [6, 6.07) is 9.33. The van der Waals surface area contributed by atoms with Gasteiger partial charge in [-0.15, -0.1) is 0 Å². The fourth-order valence-electron chi connectivity index (χ4n) is 2.81. The third-order valence-corrected chi connectivity index (χ3v) is 3.85. The minimum absolute atomic E-state index is 0.223. The van der Waals surface area contributed by atoms with Crippen molar-refractivity contribution in [3.05, 3.63) is 42.5 Å². The van der Waals surface area contributed by atoms with Gasteiger partial charge in [-0.1, -0.05) is 18.2 Å². The van der Waals surface area contributed by atoms with Crippen LogP contribution in [0.15, 0.2) is 36.7 Å². The summed E-state index contributed by atoms with van der Waals surface area (Å²) in [5.74, 6) is 0.393. The first-order valence-electron chi connectivity index (χ1n) is 7.26. The largest absolute Gasteiger partial charge is 0.375 e. The topological polar surface area (TPSA) is 86.3 Å². The molecule has 0 bridgehead atoms. The first-order valence-corrected chi connectivity index (χ1v) is 7.26. The van der Waals surface area contributed by atoms with Gasteiger partial charge in [0.1, 0.15) is 18.2 Å². The maximum absolute atomic E-state index is 11.7. The van der Waals surface area contributed by atoms with Gasteiger partial charge in [0.25, 0.3) is 0 Å². The number of morpholine rings is 1. The van der Waals surface area contributed by atoms with Crippen LogP contribution in [0.2, 0.25) is 0 Å². The van der Waals surface area contributed by atoms with Crippen LogP contribution in [0, 0.1) is 0 Å². The number of para-hydroxylation sites is 1. The number of aromatic nitrogens is 3. The summed E-state index contributed by atoms with van der Waals surface area (Å²) in [4.78, 5) is 18.0. The van der Waals surface area contributed by atoms with Crippen molar-refractivity contribution in [2.75, 3.05) is 13.2 Å². The molecule has 1 aliphatic heterocycles. The number of amides is 1. The Hall–Kier alpha value is -2.25. The molecule has 7 nitrogen and oxygen atoms in total. The van der Waals surface area contributed by atoms with Crippen molar-refractivity contribution in [2.24, 2.45) is 5.73 Å². The molecular formula is C15H19N5O2. The average Bonchev–Trinajstić information content (AvgIpc) is 2.96. The zero-order chi connectivity index (χ0) is 15.5. The number of carbonyl (C=O) groups is 1. The molecule has 7 heteroatoms. The smallest absolute Gasteiger partial charge is 0.237 e. The van der Waals surface area contributed by atoms with Gasteiger partial charge in [0.15, 0.2) is 0 Å². The molecule has 3 rings (SSSR count). The molecule has 0 radical (unpaired) electrons. The first-order chi connectivity index (χ1) is 10.7. The Bertz CT molecular complexity index is 642. The summed E-state index contributed by atoms with van der Waals surface area (Å²) in [5.41, 5.74) is 6.46. The van der Waals surface area contributed by atoms with E-state index < -0.39 is 6.04 Å². The summed E-state index contributed by atoms with van der Waals surface area (Å²) in [6.45, 7) is 3.57. The molecule has 0 aliphatic carbocycles. The Balaban J connectivity index is 1.84. The van der Waals surface area contributed by atoms with Crippen molar-refractivity contribution in [3.8, 4) is 5.69 Å². The number of hydrogen-bond donors (Lipinski definition) is 1. The maximum Gasteiger partial charge on any atom is 0.237 e. The average molecular weight is 301 g/mol. The number of carbonyl (C=O) groups excluding carboxylic acids is 1. The number of rotatable bonds is 4. The van der Waals surface area contributed by atoms with E-state index >= 15 is 0 Å². The van der Waals surface area contributed by atoms with Gasteiger partial charge in [-0.05, 0) is 19.1 Å². The molecule has 0 unspecified atom stereocenters. The molecule has 1 saturated heterocycles. The van der Waals surface area contributed by atoms with Crippen molar-refractivity contribution in [1.82, 2.24) is 19.7 Å². The Kier molecular flexibility index (Phi) is 4.17. The quantitative estimate of drug-likeness (QED) is 0.880. The molecule has 22 heavy (non-hydrogen) atoms. The fraction of sp³-hybridized carbons (Fsp3) is 0.400. The van der Waals surface area contributed by atoms with E-state index in [2.05, 4.69) is 10.1 Å². The van der Waals surface area contributed by atoms with Gasteiger partial charge < -0.3 is 10.5 Å². The van der Waals surface area contributed by atoms with Crippen molar-refractivity contribution in [3.63, 3.8) is 0 Å². The van der Waals surface area contributed by atoms with Gasteiger partial charge in [0, 0.05) is 6.54 Å². The third-order valence-electron chi connectivity index (χ3n) is 3.85. The molecule has 1 aromatic heterocycles. The standard InChI is InChI=1S/C15H19N5O2/c1-11-14(15(16)21)19(7-8-22-11)9-13-17-10-18-20(13)12-5-3-2-4-6-12/h2-6,10-11,14H,7-9H2,1H3,(H2,16,21)/t11-,14+/m1/s1. The number of benzene rings is 1. The van der Waals surface area contributed by atoms with E-state index in [0.29, 0.717) is 19.7 Å². The second-order valence-corrected chi connectivity index (χ2v) is 5.32. The van der Waals surface area contributed by atoms with E-state index in [-0.39, 0.29) is 12.0 Å². The highest BCUT2D eigenvalue weighted by molar-refractivity contribution is 5.80. The van der Waals surface area contributed by atoms with Gasteiger partial charge >= 0.3 is 0 Å². The van der Waals surface area contributed by atoms with Gasteiger partial charge in [-0.2, -0.15) is 5.10 Å². The molecule has 116 valence electrons. The Morgan fingerprint density at radius 2 is 2.18 bits per heavy atom. The zero-order valence-corrected chi connectivity index (χ0v) is 12.4. The lowest BCUT2D eigenvalue weighted by Crippen LogP contribution is -2.56. The van der Waals surface area contributed by atoms with Crippen LogP contribution in [0.3, 0.4) is 0 Å². The molecule has 1 aromatic carbocycles. The summed E-state index contributed by atoms with van der Waals surface area (Å²) >= 11 is 0. The normalized spacial score (nSPS) is 22.6. The SMILES string of the molecule is C[C@H]1OCCN(Cc2ncnn2-c2ccccc2)[C@@H]1C(N)=O. The molecule has 1 aliphatic rings. The summed E-state index contributed by atoms with van der Waals surface area (Å²) < 4.78 is 7.31. The monoisotopic (exact) mass is 301 g/mol. The summed E-state index contributed by atoms with van der Waals surface area (Å²) in [7, 11) is 0. The van der Waals surface area contributed by atoms with Crippen molar-refractivity contribution in [2.45, 2.75) is 25.6 Å². The molecular weight excluding hydrogens is 282 g/mol. The van der Waals surface area contributed by atoms with Crippen LogP contribution in [-0.2, 0) is 16.1 Å². The zero-order valence-electron chi connectivity index (χ0n) is 12.4. The highest BCUT2D eigenvalue weighted by Gasteiger charge is 2.34. The lowest BCUT2D eigenvalue weighted by molar-refractivity contribution is -0.136. The Morgan fingerprint density at radius 3 is 2.91 bits per heavy atom. The van der Waals surface area contributed by atoms with E-state index in [9.17, 15) is 4.79 Å². The van der Waals surface area contributed by atoms with Crippen molar-refractivity contribution >= 4 is 5.91 Å². The number of ether oxygens (including phenoxy) is 1. The molecule has 2 aromatic rings. The van der Waals surface area contributed by atoms with Crippen LogP contribution in [0.5, 0.6) is 0 Å². The minimum Gasteiger partial charge on any atom is -0.375 e. The Labute approximate surface area is 128 Å². The van der Waals surface area contributed by atoms with E-state index in [1.54, 1.807) is 4.68 Å². The van der Waals surface area contributed by atoms with Gasteiger partial charge in [0.2, 0.25) is 5.91 Å². The summed E-state index contributed by atoms with van der Waals surface area (Å²) in [5, 5.41) is 4.27. The van der Waals surface area contributed by atoms with Crippen LogP contribution >= 0.6 is 0 Å². The number of nitrogens with two attached hydrogens (primary N) is 1. The molecule has 1 amide bonds. The second-order valence-electron chi connectivity index (χ2n) is 5.32. The first kappa shape index (κ1) is 14.7. The second kappa shape index (κ2) is 6.25. The van der Waals surface area contributed by atoms with E-state index in [4.69, 9.17) is 10.5 Å². The summed E-state index contributed by atoms with van der Waals surface area (Å²) in [6.07, 6.45) is 1.30. The molecule has 2 N–H and O–H groups in total. The predicted octanol–water partition coefficient (Wildman–Crippen LogP) is 0.342. The van der Waals surface area contributed by atoms with Crippen molar-refractivity contribution in [1.29, 1.82) is 0 Å². The predicted molar refractivity (Wildman–Crippen MR) is 80.2 cm³/mol. The minimum atomic E-state index is -0.449. The van der Waals surface area contributed by atoms with Gasteiger partial charge in [-0.3, -0.25) is 9.69 Å².